The highest BCUT2D eigenvalue weighted by molar-refractivity contribution is 8.00. The standard InChI is InChI=1S/C22H24N2O4S2/c1-27-20-11-8-18(15-21(20)28-2)24-30-19-9-6-17(7-10-19)5-3-12-23-22(26)16-29-14-4-13-25/h6-11,13,15,24H,4,12,14,16H2,1-2H3,(H,23,26). The molecule has 2 aromatic rings. The number of amides is 1. The van der Waals surface area contributed by atoms with Crippen LogP contribution in [0.3, 0.4) is 0 Å². The SMILES string of the molecule is COc1ccc(NSc2ccc(C#CCNC(=O)CSCCC=O)cc2)cc1OC. The van der Waals surface area contributed by atoms with Crippen LogP contribution >= 0.6 is 23.7 Å². The molecule has 0 aliphatic heterocycles. The quantitative estimate of drug-likeness (QED) is 0.237. The summed E-state index contributed by atoms with van der Waals surface area (Å²) in [5.41, 5.74) is 1.78. The minimum Gasteiger partial charge on any atom is -0.493 e. The van der Waals surface area contributed by atoms with E-state index < -0.39 is 0 Å². The van der Waals surface area contributed by atoms with Crippen LogP contribution in [0.2, 0.25) is 0 Å². The minimum atomic E-state index is -0.0758. The van der Waals surface area contributed by atoms with E-state index >= 15 is 0 Å². The molecular weight excluding hydrogens is 420 g/mol. The van der Waals surface area contributed by atoms with Crippen LogP contribution in [0.25, 0.3) is 0 Å². The molecule has 2 N–H and O–H groups in total. The van der Waals surface area contributed by atoms with Crippen molar-refractivity contribution in [3.8, 4) is 23.3 Å². The summed E-state index contributed by atoms with van der Waals surface area (Å²) in [5, 5.41) is 2.74. The molecule has 0 heterocycles. The van der Waals surface area contributed by atoms with Crippen LogP contribution in [0.4, 0.5) is 5.69 Å². The Kier molecular flexibility index (Phi) is 10.6. The fourth-order valence-electron chi connectivity index (χ4n) is 2.26. The molecule has 0 saturated heterocycles. The Morgan fingerprint density at radius 3 is 2.57 bits per heavy atom. The van der Waals surface area contributed by atoms with Gasteiger partial charge in [-0.3, -0.25) is 4.79 Å². The van der Waals surface area contributed by atoms with Gasteiger partial charge in [-0.05, 0) is 48.3 Å². The summed E-state index contributed by atoms with van der Waals surface area (Å²) in [6, 6.07) is 13.5. The van der Waals surface area contributed by atoms with Gasteiger partial charge in [0.1, 0.15) is 6.29 Å². The zero-order chi connectivity index (χ0) is 21.6. The van der Waals surface area contributed by atoms with Crippen molar-refractivity contribution >= 4 is 41.6 Å². The van der Waals surface area contributed by atoms with Crippen LogP contribution in [0, 0.1) is 11.8 Å². The van der Waals surface area contributed by atoms with Gasteiger partial charge in [-0.2, -0.15) is 11.8 Å². The monoisotopic (exact) mass is 444 g/mol. The number of carbonyl (C=O) groups is 2. The molecule has 0 saturated carbocycles. The molecule has 0 aliphatic carbocycles. The van der Waals surface area contributed by atoms with E-state index in [1.54, 1.807) is 14.2 Å². The number of anilines is 1. The number of aldehydes is 1. The number of thioether (sulfide) groups is 1. The van der Waals surface area contributed by atoms with Crippen LogP contribution in [0.1, 0.15) is 12.0 Å². The summed E-state index contributed by atoms with van der Waals surface area (Å²) in [4.78, 5) is 22.9. The van der Waals surface area contributed by atoms with Gasteiger partial charge < -0.3 is 24.3 Å². The number of nitrogens with one attached hydrogen (secondary N) is 2. The number of hydrogen-bond acceptors (Lipinski definition) is 7. The number of rotatable bonds is 11. The first-order valence-corrected chi connectivity index (χ1v) is 11.1. The molecule has 0 aliphatic rings. The zero-order valence-corrected chi connectivity index (χ0v) is 18.5. The lowest BCUT2D eigenvalue weighted by atomic mass is 10.2. The molecule has 0 radical (unpaired) electrons. The van der Waals surface area contributed by atoms with Gasteiger partial charge in [0.2, 0.25) is 5.91 Å². The van der Waals surface area contributed by atoms with E-state index in [1.807, 2.05) is 42.5 Å². The van der Waals surface area contributed by atoms with Crippen LogP contribution in [0.15, 0.2) is 47.4 Å². The Balaban J connectivity index is 1.77. The molecule has 2 rings (SSSR count). The molecule has 158 valence electrons. The first-order chi connectivity index (χ1) is 14.7. The van der Waals surface area contributed by atoms with Gasteiger partial charge in [-0.15, -0.1) is 0 Å². The molecule has 30 heavy (non-hydrogen) atoms. The minimum absolute atomic E-state index is 0.0758. The fourth-order valence-corrected chi connectivity index (χ4v) is 3.59. The van der Waals surface area contributed by atoms with E-state index in [9.17, 15) is 9.59 Å². The molecule has 0 bridgehead atoms. The van der Waals surface area contributed by atoms with Crippen molar-refractivity contribution in [2.75, 3.05) is 37.0 Å². The lowest BCUT2D eigenvalue weighted by Crippen LogP contribution is -2.25. The molecule has 0 aromatic heterocycles. The summed E-state index contributed by atoms with van der Waals surface area (Å²) >= 11 is 2.92. The van der Waals surface area contributed by atoms with Crippen molar-refractivity contribution in [1.29, 1.82) is 0 Å². The summed E-state index contributed by atoms with van der Waals surface area (Å²) in [7, 11) is 3.21. The van der Waals surface area contributed by atoms with Crippen LogP contribution < -0.4 is 19.5 Å². The molecule has 6 nitrogen and oxygen atoms in total. The Labute approximate surface area is 185 Å². The predicted octanol–water partition coefficient (Wildman–Crippen LogP) is 3.61. The van der Waals surface area contributed by atoms with Gasteiger partial charge in [-0.25, -0.2) is 0 Å². The fraction of sp³-hybridized carbons (Fsp3) is 0.273. The number of hydrogen-bond donors (Lipinski definition) is 2. The third-order valence-corrected chi connectivity index (χ3v) is 5.58. The highest BCUT2D eigenvalue weighted by Crippen LogP contribution is 2.31. The van der Waals surface area contributed by atoms with Crippen molar-refractivity contribution in [3.05, 3.63) is 48.0 Å². The number of ether oxygens (including phenoxy) is 2. The van der Waals surface area contributed by atoms with Crippen molar-refractivity contribution in [1.82, 2.24) is 5.32 Å². The Hall–Kier alpha value is -2.76. The highest BCUT2D eigenvalue weighted by atomic mass is 32.2. The Morgan fingerprint density at radius 1 is 1.10 bits per heavy atom. The van der Waals surface area contributed by atoms with E-state index in [-0.39, 0.29) is 5.91 Å². The maximum Gasteiger partial charge on any atom is 0.230 e. The average molecular weight is 445 g/mol. The molecule has 1 amide bonds. The third kappa shape index (κ3) is 8.31. The van der Waals surface area contributed by atoms with E-state index in [1.165, 1.54) is 23.7 Å². The van der Waals surface area contributed by atoms with Crippen LogP contribution in [-0.2, 0) is 9.59 Å². The van der Waals surface area contributed by atoms with Gasteiger partial charge in [0.05, 0.1) is 26.5 Å². The second-order valence-corrected chi connectivity index (χ2v) is 7.87. The molecule has 0 fully saturated rings. The molecular formula is C22H24N2O4S2. The zero-order valence-electron chi connectivity index (χ0n) is 16.9. The topological polar surface area (TPSA) is 76.7 Å². The van der Waals surface area contributed by atoms with Crippen molar-refractivity contribution in [3.63, 3.8) is 0 Å². The van der Waals surface area contributed by atoms with Crippen LogP contribution in [-0.4, -0.2) is 44.5 Å². The second-order valence-electron chi connectivity index (χ2n) is 5.88. The van der Waals surface area contributed by atoms with Gasteiger partial charge in [-0.1, -0.05) is 11.8 Å². The number of carbonyl (C=O) groups excluding carboxylic acids is 2. The van der Waals surface area contributed by atoms with Gasteiger partial charge in [0.25, 0.3) is 0 Å². The molecule has 0 unspecified atom stereocenters. The predicted molar refractivity (Wildman–Crippen MR) is 123 cm³/mol. The molecule has 2 aromatic carbocycles. The highest BCUT2D eigenvalue weighted by Gasteiger charge is 2.04. The van der Waals surface area contributed by atoms with E-state index in [4.69, 9.17) is 9.47 Å². The summed E-state index contributed by atoms with van der Waals surface area (Å²) in [5.74, 6) is 8.24. The summed E-state index contributed by atoms with van der Waals surface area (Å²) < 4.78 is 13.8. The maximum atomic E-state index is 11.6. The van der Waals surface area contributed by atoms with Gasteiger partial charge in [0, 0.05) is 34.4 Å². The molecule has 8 heteroatoms. The second kappa shape index (κ2) is 13.5. The third-order valence-electron chi connectivity index (χ3n) is 3.74. The smallest absolute Gasteiger partial charge is 0.230 e. The van der Waals surface area contributed by atoms with E-state index in [2.05, 4.69) is 21.9 Å². The normalized spacial score (nSPS) is 9.80. The first kappa shape index (κ1) is 23.5. The van der Waals surface area contributed by atoms with Crippen molar-refractivity contribution in [2.45, 2.75) is 11.3 Å². The molecule has 0 atom stereocenters. The first-order valence-electron chi connectivity index (χ1n) is 9.18. The average Bonchev–Trinajstić information content (AvgIpc) is 2.78. The van der Waals surface area contributed by atoms with Gasteiger partial charge >= 0.3 is 0 Å². The molecule has 0 spiro atoms. The van der Waals surface area contributed by atoms with Crippen LogP contribution in [0.5, 0.6) is 11.5 Å². The Morgan fingerprint density at radius 2 is 1.87 bits per heavy atom. The van der Waals surface area contributed by atoms with E-state index in [0.717, 1.165) is 22.4 Å². The number of methoxy groups -OCH3 is 2. The maximum absolute atomic E-state index is 11.6. The van der Waals surface area contributed by atoms with Crippen molar-refractivity contribution in [2.24, 2.45) is 0 Å². The summed E-state index contributed by atoms with van der Waals surface area (Å²) in [6.07, 6.45) is 1.32. The lowest BCUT2D eigenvalue weighted by Gasteiger charge is -2.10. The Bertz CT molecular complexity index is 892. The number of benzene rings is 2. The largest absolute Gasteiger partial charge is 0.493 e. The lowest BCUT2D eigenvalue weighted by molar-refractivity contribution is -0.118. The summed E-state index contributed by atoms with van der Waals surface area (Å²) in [6.45, 7) is 0.296. The van der Waals surface area contributed by atoms with E-state index in [0.29, 0.717) is 36.0 Å². The van der Waals surface area contributed by atoms with Crippen molar-refractivity contribution < 1.29 is 19.1 Å². The van der Waals surface area contributed by atoms with Gasteiger partial charge in [0.15, 0.2) is 11.5 Å².